The van der Waals surface area contributed by atoms with Crippen molar-refractivity contribution in [2.45, 2.75) is 13.0 Å². The average molecular weight is 225 g/mol. The van der Waals surface area contributed by atoms with Gasteiger partial charge < -0.3 is 5.11 Å². The second-order valence-electron chi connectivity index (χ2n) is 2.92. The van der Waals surface area contributed by atoms with E-state index in [1.807, 2.05) is 6.07 Å². The molecule has 0 atom stereocenters. The Morgan fingerprint density at radius 3 is 3.00 bits per heavy atom. The van der Waals surface area contributed by atoms with Crippen LogP contribution < -0.4 is 0 Å². The molecule has 2 heteroatoms. The van der Waals surface area contributed by atoms with Crippen LogP contribution in [0.1, 0.15) is 16.7 Å². The molecule has 1 nitrogen and oxygen atoms in total. The van der Waals surface area contributed by atoms with Crippen molar-refractivity contribution < 1.29 is 5.11 Å². The molecule has 0 bridgehead atoms. The summed E-state index contributed by atoms with van der Waals surface area (Å²) >= 11 is 3.48. The van der Waals surface area contributed by atoms with Gasteiger partial charge in [-0.05, 0) is 29.2 Å². The molecular weight excluding hydrogens is 216 g/mol. The van der Waals surface area contributed by atoms with Gasteiger partial charge in [-0.1, -0.05) is 34.1 Å². The summed E-state index contributed by atoms with van der Waals surface area (Å²) in [5, 5.41) is 8.95. The van der Waals surface area contributed by atoms with Gasteiger partial charge in [-0.3, -0.25) is 0 Å². The number of allylic oxidation sites excluding steroid dienone is 1. The van der Waals surface area contributed by atoms with Crippen molar-refractivity contribution in [3.8, 4) is 0 Å². The SMILES string of the molecule is OCc1cc(Br)c2c(c1)CC=C2. The molecule has 0 saturated heterocycles. The van der Waals surface area contributed by atoms with Crippen molar-refractivity contribution >= 4 is 22.0 Å². The first kappa shape index (κ1) is 8.02. The lowest BCUT2D eigenvalue weighted by molar-refractivity contribution is 0.281. The second kappa shape index (κ2) is 3.04. The van der Waals surface area contributed by atoms with E-state index in [-0.39, 0.29) is 6.61 Å². The van der Waals surface area contributed by atoms with Crippen LogP contribution in [0.15, 0.2) is 22.7 Å². The second-order valence-corrected chi connectivity index (χ2v) is 3.77. The zero-order valence-electron chi connectivity index (χ0n) is 6.55. The molecule has 1 N–H and O–H groups in total. The van der Waals surface area contributed by atoms with Crippen molar-refractivity contribution in [1.29, 1.82) is 0 Å². The lowest BCUT2D eigenvalue weighted by Crippen LogP contribution is -1.89. The lowest BCUT2D eigenvalue weighted by atomic mass is 10.1. The molecule has 0 heterocycles. The van der Waals surface area contributed by atoms with Crippen molar-refractivity contribution in [2.24, 2.45) is 0 Å². The maximum absolute atomic E-state index is 8.95. The Bertz CT molecular complexity index is 342. The fraction of sp³-hybridized carbons (Fsp3) is 0.200. The molecular formula is C10H9BrO. The largest absolute Gasteiger partial charge is 0.392 e. The van der Waals surface area contributed by atoms with Crippen molar-refractivity contribution in [2.75, 3.05) is 0 Å². The number of aliphatic hydroxyl groups is 1. The standard InChI is InChI=1S/C10H9BrO/c11-10-5-7(6-12)4-8-2-1-3-9(8)10/h1,3-5,12H,2,6H2. The number of fused-ring (bicyclic) bond motifs is 1. The van der Waals surface area contributed by atoms with Gasteiger partial charge in [0.15, 0.2) is 0 Å². The number of hydrogen-bond donors (Lipinski definition) is 1. The van der Waals surface area contributed by atoms with Crippen LogP contribution in [-0.4, -0.2) is 5.11 Å². The first-order valence-electron chi connectivity index (χ1n) is 3.90. The van der Waals surface area contributed by atoms with Crippen LogP contribution in [-0.2, 0) is 13.0 Å². The molecule has 0 aliphatic heterocycles. The maximum Gasteiger partial charge on any atom is 0.0682 e. The Balaban J connectivity index is 2.56. The van der Waals surface area contributed by atoms with Crippen LogP contribution in [0.5, 0.6) is 0 Å². The van der Waals surface area contributed by atoms with E-state index in [0.717, 1.165) is 16.5 Å². The summed E-state index contributed by atoms with van der Waals surface area (Å²) in [6.45, 7) is 0.117. The highest BCUT2D eigenvalue weighted by molar-refractivity contribution is 9.10. The third-order valence-electron chi connectivity index (χ3n) is 2.08. The average Bonchev–Trinajstić information content (AvgIpc) is 2.52. The van der Waals surface area contributed by atoms with Crippen molar-refractivity contribution in [3.05, 3.63) is 39.4 Å². The molecule has 0 unspecified atom stereocenters. The lowest BCUT2D eigenvalue weighted by Gasteiger charge is -2.04. The normalized spacial score (nSPS) is 13.5. The minimum atomic E-state index is 0.117. The number of aliphatic hydroxyl groups excluding tert-OH is 1. The molecule has 0 spiro atoms. The van der Waals surface area contributed by atoms with E-state index < -0.39 is 0 Å². The molecule has 0 fully saturated rings. The van der Waals surface area contributed by atoms with Crippen LogP contribution in [0.25, 0.3) is 6.08 Å². The van der Waals surface area contributed by atoms with Gasteiger partial charge in [-0.15, -0.1) is 0 Å². The molecule has 62 valence electrons. The van der Waals surface area contributed by atoms with Crippen molar-refractivity contribution in [3.63, 3.8) is 0 Å². The molecule has 1 aromatic rings. The number of rotatable bonds is 1. The molecule has 2 rings (SSSR count). The van der Waals surface area contributed by atoms with Crippen LogP contribution in [0, 0.1) is 0 Å². The van der Waals surface area contributed by atoms with Gasteiger partial charge in [0.2, 0.25) is 0 Å². The topological polar surface area (TPSA) is 20.2 Å². The maximum atomic E-state index is 8.95. The van der Waals surface area contributed by atoms with E-state index in [1.54, 1.807) is 0 Å². The first-order chi connectivity index (χ1) is 5.81. The summed E-state index contributed by atoms with van der Waals surface area (Å²) in [6, 6.07) is 4.02. The van der Waals surface area contributed by atoms with Gasteiger partial charge in [0.25, 0.3) is 0 Å². The van der Waals surface area contributed by atoms with E-state index in [2.05, 4.69) is 34.1 Å². The summed E-state index contributed by atoms with van der Waals surface area (Å²) in [5.74, 6) is 0. The molecule has 0 saturated carbocycles. The Labute approximate surface area is 79.9 Å². The van der Waals surface area contributed by atoms with E-state index >= 15 is 0 Å². The molecule has 1 aliphatic carbocycles. The first-order valence-corrected chi connectivity index (χ1v) is 4.69. The van der Waals surface area contributed by atoms with Crippen LogP contribution >= 0.6 is 15.9 Å². The molecule has 0 radical (unpaired) electrons. The highest BCUT2D eigenvalue weighted by Crippen LogP contribution is 2.28. The van der Waals surface area contributed by atoms with Crippen molar-refractivity contribution in [1.82, 2.24) is 0 Å². The quantitative estimate of drug-likeness (QED) is 0.778. The zero-order valence-corrected chi connectivity index (χ0v) is 8.13. The van der Waals surface area contributed by atoms with Gasteiger partial charge >= 0.3 is 0 Å². The Morgan fingerprint density at radius 2 is 2.25 bits per heavy atom. The van der Waals surface area contributed by atoms with E-state index in [9.17, 15) is 0 Å². The minimum Gasteiger partial charge on any atom is -0.392 e. The Morgan fingerprint density at radius 1 is 1.42 bits per heavy atom. The smallest absolute Gasteiger partial charge is 0.0682 e. The van der Waals surface area contributed by atoms with Gasteiger partial charge in [-0.2, -0.15) is 0 Å². The number of benzene rings is 1. The van der Waals surface area contributed by atoms with Gasteiger partial charge in [0.05, 0.1) is 6.61 Å². The summed E-state index contributed by atoms with van der Waals surface area (Å²) in [7, 11) is 0. The van der Waals surface area contributed by atoms with E-state index in [1.165, 1.54) is 11.1 Å². The van der Waals surface area contributed by atoms with Crippen LogP contribution in [0.3, 0.4) is 0 Å². The Kier molecular flexibility index (Phi) is 2.03. The molecule has 0 aromatic heterocycles. The molecule has 1 aromatic carbocycles. The molecule has 1 aliphatic rings. The number of halogens is 1. The summed E-state index contributed by atoms with van der Waals surface area (Å²) in [4.78, 5) is 0. The van der Waals surface area contributed by atoms with Gasteiger partial charge in [-0.25, -0.2) is 0 Å². The highest BCUT2D eigenvalue weighted by atomic mass is 79.9. The summed E-state index contributed by atoms with van der Waals surface area (Å²) in [6.07, 6.45) is 5.24. The van der Waals surface area contributed by atoms with Crippen LogP contribution in [0.2, 0.25) is 0 Å². The Hall–Kier alpha value is -0.600. The summed E-state index contributed by atoms with van der Waals surface area (Å²) in [5.41, 5.74) is 3.53. The predicted molar refractivity (Wildman–Crippen MR) is 52.8 cm³/mol. The fourth-order valence-electron chi connectivity index (χ4n) is 1.49. The minimum absolute atomic E-state index is 0.117. The monoisotopic (exact) mass is 224 g/mol. The van der Waals surface area contributed by atoms with Gasteiger partial charge in [0, 0.05) is 4.47 Å². The summed E-state index contributed by atoms with van der Waals surface area (Å²) < 4.78 is 1.08. The third kappa shape index (κ3) is 1.21. The van der Waals surface area contributed by atoms with E-state index in [0.29, 0.717) is 0 Å². The zero-order chi connectivity index (χ0) is 8.55. The van der Waals surface area contributed by atoms with Gasteiger partial charge in [0.1, 0.15) is 0 Å². The van der Waals surface area contributed by atoms with E-state index in [4.69, 9.17) is 5.11 Å². The highest BCUT2D eigenvalue weighted by Gasteiger charge is 2.09. The molecule has 0 amide bonds. The third-order valence-corrected chi connectivity index (χ3v) is 2.74. The fourth-order valence-corrected chi connectivity index (χ4v) is 2.17. The number of hydrogen-bond acceptors (Lipinski definition) is 1. The molecule has 12 heavy (non-hydrogen) atoms. The van der Waals surface area contributed by atoms with Crippen LogP contribution in [0.4, 0.5) is 0 Å². The predicted octanol–water partition coefficient (Wildman–Crippen LogP) is 2.51.